The molecule has 0 amide bonds. The van der Waals surface area contributed by atoms with E-state index in [0.717, 1.165) is 81.3 Å². The van der Waals surface area contributed by atoms with Crippen molar-refractivity contribution >= 4 is 83.0 Å². The van der Waals surface area contributed by atoms with Gasteiger partial charge in [0.15, 0.2) is 17.2 Å². The Hall–Kier alpha value is -6.57. The van der Waals surface area contributed by atoms with E-state index in [2.05, 4.69) is 204 Å². The number of hydrogen-bond acceptors (Lipinski definition) is 13. The molecular formula is C71H90N6O12P2S. The largest absolute Gasteiger partial charge is 0.378 e. The van der Waals surface area contributed by atoms with Crippen molar-refractivity contribution in [3.8, 4) is 0 Å². The molecule has 6 aromatic rings. The fourth-order valence-electron chi connectivity index (χ4n) is 14.1. The highest BCUT2D eigenvalue weighted by atomic mass is 32.2. The average molecular weight is 1310 g/mol. The van der Waals surface area contributed by atoms with E-state index >= 15 is 0 Å². The molecule has 6 heterocycles. The summed E-state index contributed by atoms with van der Waals surface area (Å²) in [5.41, 5.74) is 12.3. The summed E-state index contributed by atoms with van der Waals surface area (Å²) in [6.07, 6.45) is 14.1. The van der Waals surface area contributed by atoms with Gasteiger partial charge in [-0.05, 0) is 149 Å². The number of benzene rings is 6. The minimum Gasteiger partial charge on any atom is -0.378 e. The van der Waals surface area contributed by atoms with Gasteiger partial charge in [-0.3, -0.25) is 13.7 Å². The van der Waals surface area contributed by atoms with Crippen molar-refractivity contribution in [3.05, 3.63) is 190 Å². The molecule has 3 unspecified atom stereocenters. The number of ether oxygens (including phenoxy) is 3. The molecule has 6 aliphatic rings. The maximum Gasteiger partial charge on any atom is 0.356 e. The van der Waals surface area contributed by atoms with Crippen LogP contribution in [0.4, 0.5) is 34.1 Å². The molecule has 6 aromatic carbocycles. The Morgan fingerprint density at radius 2 is 0.804 bits per heavy atom. The maximum atomic E-state index is 11.8. The van der Waals surface area contributed by atoms with Crippen LogP contribution in [0.15, 0.2) is 146 Å². The Kier molecular flexibility index (Phi) is 19.0. The van der Waals surface area contributed by atoms with Crippen molar-refractivity contribution in [2.24, 2.45) is 0 Å². The van der Waals surface area contributed by atoms with Crippen LogP contribution in [0.1, 0.15) is 92.5 Å². The lowest BCUT2D eigenvalue weighted by molar-refractivity contribution is 0.000266. The van der Waals surface area contributed by atoms with Crippen LogP contribution in [0.3, 0.4) is 0 Å². The van der Waals surface area contributed by atoms with Gasteiger partial charge in [0.2, 0.25) is 0 Å². The minimum absolute atomic E-state index is 0.0453. The summed E-state index contributed by atoms with van der Waals surface area (Å²) in [4.78, 5) is 50.6. The van der Waals surface area contributed by atoms with Crippen LogP contribution in [0, 0.1) is 0 Å². The number of nitrogens with zero attached hydrogens (tertiary/aromatic N) is 6. The molecule has 21 heteroatoms. The zero-order valence-corrected chi connectivity index (χ0v) is 57.6. The Morgan fingerprint density at radius 3 is 1.12 bits per heavy atom. The van der Waals surface area contributed by atoms with Crippen molar-refractivity contribution in [2.45, 2.75) is 94.2 Å². The first kappa shape index (κ1) is 68.3. The summed E-state index contributed by atoms with van der Waals surface area (Å²) in [6, 6.07) is 42.6. The summed E-state index contributed by atoms with van der Waals surface area (Å²) in [6.45, 7) is 17.2. The second kappa shape index (κ2) is 25.6. The molecule has 0 aromatic heterocycles. The van der Waals surface area contributed by atoms with E-state index in [9.17, 15) is 27.3 Å². The van der Waals surface area contributed by atoms with Gasteiger partial charge in [0, 0.05) is 112 Å². The lowest BCUT2D eigenvalue weighted by Gasteiger charge is -2.39. The first-order chi connectivity index (χ1) is 43.1. The summed E-state index contributed by atoms with van der Waals surface area (Å²) in [7, 11) is -0.121. The van der Waals surface area contributed by atoms with Crippen LogP contribution in [0.5, 0.6) is 0 Å². The molecule has 492 valence electrons. The summed E-state index contributed by atoms with van der Waals surface area (Å²) < 4.78 is 73.6. The van der Waals surface area contributed by atoms with Crippen LogP contribution in [-0.4, -0.2) is 143 Å². The summed E-state index contributed by atoms with van der Waals surface area (Å²) >= 11 is 0. The second-order valence-corrected chi connectivity index (χ2v) is 31.9. The lowest BCUT2D eigenvalue weighted by Crippen LogP contribution is -2.51. The molecule has 6 aliphatic heterocycles. The van der Waals surface area contributed by atoms with Crippen molar-refractivity contribution in [1.82, 2.24) is 0 Å². The second-order valence-electron chi connectivity index (χ2n) is 26.9. The highest BCUT2D eigenvalue weighted by molar-refractivity contribution is 7.85. The van der Waals surface area contributed by atoms with Gasteiger partial charge in [-0.15, -0.1) is 0 Å². The molecule has 3 fully saturated rings. The van der Waals surface area contributed by atoms with Crippen molar-refractivity contribution in [3.63, 3.8) is 0 Å². The Balaban J connectivity index is 0.000000151. The lowest BCUT2D eigenvalue weighted by atomic mass is 9.76. The van der Waals surface area contributed by atoms with Gasteiger partial charge < -0.3 is 63.2 Å². The van der Waals surface area contributed by atoms with E-state index in [4.69, 9.17) is 28.6 Å². The first-order valence-corrected chi connectivity index (χ1v) is 36.3. The third-order valence-electron chi connectivity index (χ3n) is 19.4. The monoisotopic (exact) mass is 1310 g/mol. The van der Waals surface area contributed by atoms with Gasteiger partial charge >= 0.3 is 15.2 Å². The van der Waals surface area contributed by atoms with Gasteiger partial charge in [0.1, 0.15) is 0 Å². The maximum absolute atomic E-state index is 11.8. The molecule has 0 radical (unpaired) electrons. The standard InChI is InChI=1S/C25H33N2O4P.C24H30N2O4S.C22H27N2O4P/c1-24(2)22-18-20(6-5-17-32(28,29)30)9-12-23(22)27-15-16-31-25(24,27)14-13-19-7-10-21(11-8-19)26(3)4;1-23(2)21-17-19(12-16-31(27,28)29)7-10-22(21)26-14-15-30-24(23,26)13-11-18-5-8-20(9-6-18)25(3)4;1-21(2)19-15-18(29(25,26)27)9-10-20(19)24-13-14-28-22(21,24)12-11-16-5-7-17(8-6-16)23(3)4/h7-14,18H,5-6,15-17H2,1-4H3,(H2,28,29,30);5-11,13,17H,12,14-16H2,1-4H3,(H,27,28,29);5-12,15H,13-14H2,1-4H3,(H2,25,26,27)/b14-13+;13-11+;12-11+. The fraction of sp³-hybridized carbons (Fsp3) is 0.408. The van der Waals surface area contributed by atoms with Crippen LogP contribution in [-0.2, 0) is 62.5 Å². The van der Waals surface area contributed by atoms with Crippen LogP contribution in [0.25, 0.3) is 18.2 Å². The number of aryl methyl sites for hydroxylation is 2. The van der Waals surface area contributed by atoms with Crippen molar-refractivity contribution < 1.29 is 55.9 Å². The molecule has 3 saturated heterocycles. The van der Waals surface area contributed by atoms with Gasteiger partial charge in [-0.2, -0.15) is 8.42 Å². The van der Waals surface area contributed by atoms with Gasteiger partial charge in [0.25, 0.3) is 10.1 Å². The zero-order valence-electron chi connectivity index (χ0n) is 54.9. The quantitative estimate of drug-likeness (QED) is 0.0424. The van der Waals surface area contributed by atoms with Gasteiger partial charge in [-0.1, -0.05) is 120 Å². The molecule has 92 heavy (non-hydrogen) atoms. The highest BCUT2D eigenvalue weighted by Gasteiger charge is 2.62. The molecule has 5 N–H and O–H groups in total. The molecule has 0 spiro atoms. The smallest absolute Gasteiger partial charge is 0.356 e. The predicted molar refractivity (Wildman–Crippen MR) is 373 cm³/mol. The Bertz CT molecular complexity index is 3990. The van der Waals surface area contributed by atoms with E-state index in [1.165, 1.54) is 23.0 Å². The van der Waals surface area contributed by atoms with E-state index in [-0.39, 0.29) is 34.5 Å². The number of anilines is 6. The highest BCUT2D eigenvalue weighted by Crippen LogP contribution is 2.58. The van der Waals surface area contributed by atoms with E-state index < -0.39 is 47.9 Å². The van der Waals surface area contributed by atoms with Crippen molar-refractivity contribution in [1.29, 1.82) is 0 Å². The molecule has 12 rings (SSSR count). The third kappa shape index (κ3) is 13.2. The number of hydrogen-bond donors (Lipinski definition) is 5. The first-order valence-electron chi connectivity index (χ1n) is 31.2. The SMILES string of the molecule is CN(C)c1ccc(/C=C/C23OCCN2c2ccc(CCCP(=O)(O)O)cc2C3(C)C)cc1.CN(C)c1ccc(/C=C/C23OCCN2c2ccc(CCS(=O)(=O)O)cc2C3(C)C)cc1.CN(C)c1ccc(/C=C/C23OCCN2c2ccc(P(=O)(O)O)cc2C3(C)C)cc1. The fourth-order valence-corrected chi connectivity index (χ4v) is 15.7. The predicted octanol–water partition coefficient (Wildman–Crippen LogP) is 11.2. The zero-order chi connectivity index (χ0) is 66.6. The normalized spacial score (nSPS) is 22.2. The van der Waals surface area contributed by atoms with Crippen molar-refractivity contribution in [2.75, 3.05) is 123 Å². The molecule has 0 saturated carbocycles. The summed E-state index contributed by atoms with van der Waals surface area (Å²) in [5, 5.41) is 0.0453. The molecule has 0 aliphatic carbocycles. The molecule has 3 atom stereocenters. The molecule has 0 bridgehead atoms. The Labute approximate surface area is 543 Å². The van der Waals surface area contributed by atoms with E-state index in [1.54, 1.807) is 6.07 Å². The topological polar surface area (TPSA) is 217 Å². The van der Waals surface area contributed by atoms with E-state index in [1.807, 2.05) is 60.5 Å². The van der Waals surface area contributed by atoms with Crippen LogP contribution in [0.2, 0.25) is 0 Å². The minimum atomic E-state index is -4.32. The van der Waals surface area contributed by atoms with Crippen LogP contribution >= 0.6 is 15.2 Å². The Morgan fingerprint density at radius 1 is 0.478 bits per heavy atom. The summed E-state index contributed by atoms with van der Waals surface area (Å²) in [5.74, 6) is -0.277. The van der Waals surface area contributed by atoms with E-state index in [0.29, 0.717) is 32.7 Å². The van der Waals surface area contributed by atoms with Gasteiger partial charge in [-0.25, -0.2) is 0 Å². The average Bonchev–Trinajstić information content (AvgIpc) is 1.56. The molecular weight excluding hydrogens is 1220 g/mol. The van der Waals surface area contributed by atoms with Crippen LogP contribution < -0.4 is 34.7 Å². The third-order valence-corrected chi connectivity index (χ3v) is 22.0. The van der Waals surface area contributed by atoms with Gasteiger partial charge in [0.05, 0.1) is 37.0 Å². The number of fused-ring (bicyclic) bond motifs is 9. The molecule has 18 nitrogen and oxygen atoms in total. The number of rotatable bonds is 17.